The van der Waals surface area contributed by atoms with E-state index in [0.717, 1.165) is 16.6 Å². The zero-order valence-corrected chi connectivity index (χ0v) is 7.55. The highest BCUT2D eigenvalue weighted by Gasteiger charge is 2.04. The molecule has 0 unspecified atom stereocenters. The van der Waals surface area contributed by atoms with Crippen LogP contribution in [0.1, 0.15) is 5.69 Å². The minimum absolute atomic E-state index is 0.614. The topological polar surface area (TPSA) is 56.0 Å². The number of hydrogen-bond acceptors (Lipinski definition) is 4. The highest BCUT2D eigenvalue weighted by Crippen LogP contribution is 2.14. The van der Waals surface area contributed by atoms with Gasteiger partial charge >= 0.3 is 0 Å². The highest BCUT2D eigenvalue weighted by molar-refractivity contribution is 5.81. The van der Waals surface area contributed by atoms with Crippen LogP contribution in [0.15, 0.2) is 24.8 Å². The number of hydrogen-bond donors (Lipinski definition) is 0. The maximum Gasteiger partial charge on any atom is 0.252 e. The molecule has 0 radical (unpaired) electrons. The first-order valence-corrected chi connectivity index (χ1v) is 4.26. The van der Waals surface area contributed by atoms with Crippen LogP contribution in [0.25, 0.3) is 16.7 Å². The van der Waals surface area contributed by atoms with Crippen LogP contribution in [0, 0.1) is 6.92 Å². The van der Waals surface area contributed by atoms with Crippen molar-refractivity contribution in [1.29, 1.82) is 0 Å². The third-order valence-corrected chi connectivity index (χ3v) is 2.23. The summed E-state index contributed by atoms with van der Waals surface area (Å²) in [5.74, 6) is 0.614. The zero-order chi connectivity index (χ0) is 9.54. The first-order chi connectivity index (χ1) is 6.86. The van der Waals surface area contributed by atoms with Crippen molar-refractivity contribution in [3.63, 3.8) is 0 Å². The summed E-state index contributed by atoms with van der Waals surface area (Å²) in [5, 5.41) is 5.11. The number of fused-ring (bicyclic) bond motifs is 3. The van der Waals surface area contributed by atoms with Gasteiger partial charge in [-0.1, -0.05) is 0 Å². The van der Waals surface area contributed by atoms with Crippen molar-refractivity contribution < 1.29 is 0 Å². The van der Waals surface area contributed by atoms with Crippen molar-refractivity contribution in [3.05, 3.63) is 30.5 Å². The van der Waals surface area contributed by atoms with E-state index in [9.17, 15) is 0 Å². The summed E-state index contributed by atoms with van der Waals surface area (Å²) in [6.45, 7) is 1.95. The van der Waals surface area contributed by atoms with Crippen LogP contribution in [0.5, 0.6) is 0 Å². The lowest BCUT2D eigenvalue weighted by atomic mass is 10.2. The van der Waals surface area contributed by atoms with Gasteiger partial charge in [0.25, 0.3) is 5.78 Å². The van der Waals surface area contributed by atoms with E-state index >= 15 is 0 Å². The van der Waals surface area contributed by atoms with E-state index in [4.69, 9.17) is 0 Å². The summed E-state index contributed by atoms with van der Waals surface area (Å²) >= 11 is 0. The molecule has 0 N–H and O–H groups in total. The second-order valence-electron chi connectivity index (χ2n) is 3.06. The second-order valence-corrected chi connectivity index (χ2v) is 3.06. The molecule has 3 heterocycles. The Hall–Kier alpha value is -2.04. The van der Waals surface area contributed by atoms with Crippen molar-refractivity contribution in [1.82, 2.24) is 24.6 Å². The number of pyridine rings is 1. The highest BCUT2D eigenvalue weighted by atomic mass is 15.3. The summed E-state index contributed by atoms with van der Waals surface area (Å²) in [7, 11) is 0. The Labute approximate surface area is 79.4 Å². The zero-order valence-electron chi connectivity index (χ0n) is 7.55. The third-order valence-electron chi connectivity index (χ3n) is 2.23. The average Bonchev–Trinajstić information content (AvgIpc) is 2.66. The van der Waals surface area contributed by atoms with E-state index in [0.29, 0.717) is 5.78 Å². The quantitative estimate of drug-likeness (QED) is 0.524. The van der Waals surface area contributed by atoms with E-state index in [-0.39, 0.29) is 0 Å². The normalized spacial score (nSPS) is 11.2. The van der Waals surface area contributed by atoms with Gasteiger partial charge < -0.3 is 0 Å². The molecule has 68 valence electrons. The maximum atomic E-state index is 4.20. The van der Waals surface area contributed by atoms with Gasteiger partial charge in [0, 0.05) is 23.5 Å². The molecule has 3 aromatic heterocycles. The van der Waals surface area contributed by atoms with Gasteiger partial charge in [0.05, 0.1) is 5.52 Å². The Morgan fingerprint density at radius 3 is 3.07 bits per heavy atom. The van der Waals surface area contributed by atoms with E-state index in [1.807, 2.05) is 13.0 Å². The van der Waals surface area contributed by atoms with Gasteiger partial charge in [0.1, 0.15) is 6.33 Å². The fourth-order valence-corrected chi connectivity index (χ4v) is 1.52. The van der Waals surface area contributed by atoms with Crippen LogP contribution in [-0.2, 0) is 0 Å². The van der Waals surface area contributed by atoms with E-state index in [1.165, 1.54) is 6.33 Å². The van der Waals surface area contributed by atoms with Gasteiger partial charge in [0.15, 0.2) is 0 Å². The Balaban J connectivity index is 2.64. The SMILES string of the molecule is Cc1nccc2c1cnc1ncnn12. The lowest BCUT2D eigenvalue weighted by molar-refractivity contribution is 0.979. The van der Waals surface area contributed by atoms with E-state index in [2.05, 4.69) is 20.1 Å². The summed E-state index contributed by atoms with van der Waals surface area (Å²) in [4.78, 5) is 12.4. The van der Waals surface area contributed by atoms with Crippen LogP contribution < -0.4 is 0 Å². The predicted octanol–water partition coefficient (Wildman–Crippen LogP) is 0.981. The first-order valence-electron chi connectivity index (χ1n) is 4.26. The molecule has 0 saturated carbocycles. The molecule has 0 aromatic carbocycles. The molecular weight excluding hydrogens is 178 g/mol. The van der Waals surface area contributed by atoms with Gasteiger partial charge in [0.2, 0.25) is 0 Å². The van der Waals surface area contributed by atoms with Gasteiger partial charge in [-0.2, -0.15) is 14.6 Å². The predicted molar refractivity (Wildman–Crippen MR) is 50.8 cm³/mol. The molecule has 0 atom stereocenters. The Morgan fingerprint density at radius 2 is 2.14 bits per heavy atom. The van der Waals surface area contributed by atoms with Crippen LogP contribution in [0.2, 0.25) is 0 Å². The van der Waals surface area contributed by atoms with Crippen molar-refractivity contribution in [3.8, 4) is 0 Å². The van der Waals surface area contributed by atoms with Crippen LogP contribution >= 0.6 is 0 Å². The van der Waals surface area contributed by atoms with Crippen LogP contribution in [0.3, 0.4) is 0 Å². The molecule has 0 aliphatic carbocycles. The van der Waals surface area contributed by atoms with Gasteiger partial charge in [-0.3, -0.25) is 4.98 Å². The van der Waals surface area contributed by atoms with E-state index in [1.54, 1.807) is 16.9 Å². The van der Waals surface area contributed by atoms with Crippen LogP contribution in [-0.4, -0.2) is 24.6 Å². The maximum absolute atomic E-state index is 4.20. The molecule has 0 spiro atoms. The van der Waals surface area contributed by atoms with Gasteiger partial charge in [-0.05, 0) is 13.0 Å². The summed E-state index contributed by atoms with van der Waals surface area (Å²) in [5.41, 5.74) is 1.94. The molecule has 0 fully saturated rings. The molecule has 5 heteroatoms. The molecule has 14 heavy (non-hydrogen) atoms. The van der Waals surface area contributed by atoms with Gasteiger partial charge in [-0.15, -0.1) is 0 Å². The van der Waals surface area contributed by atoms with Crippen molar-refractivity contribution >= 4 is 16.7 Å². The molecule has 3 rings (SSSR count). The average molecular weight is 185 g/mol. The van der Waals surface area contributed by atoms with Crippen molar-refractivity contribution in [2.75, 3.05) is 0 Å². The molecule has 0 saturated heterocycles. The molecule has 0 amide bonds. The Morgan fingerprint density at radius 1 is 1.21 bits per heavy atom. The molecule has 5 nitrogen and oxygen atoms in total. The fourth-order valence-electron chi connectivity index (χ4n) is 1.52. The fraction of sp³-hybridized carbons (Fsp3) is 0.111. The minimum Gasteiger partial charge on any atom is -0.261 e. The number of nitrogens with zero attached hydrogens (tertiary/aromatic N) is 5. The molecule has 0 aliphatic heterocycles. The van der Waals surface area contributed by atoms with E-state index < -0.39 is 0 Å². The molecule has 0 aliphatic rings. The van der Waals surface area contributed by atoms with Crippen LogP contribution in [0.4, 0.5) is 0 Å². The second kappa shape index (κ2) is 2.47. The van der Waals surface area contributed by atoms with Crippen molar-refractivity contribution in [2.24, 2.45) is 0 Å². The monoisotopic (exact) mass is 185 g/mol. The minimum atomic E-state index is 0.614. The van der Waals surface area contributed by atoms with Gasteiger partial charge in [-0.25, -0.2) is 4.98 Å². The first kappa shape index (κ1) is 7.37. The lowest BCUT2D eigenvalue weighted by Crippen LogP contribution is -1.95. The summed E-state index contributed by atoms with van der Waals surface area (Å²) < 4.78 is 1.71. The molecular formula is C9H7N5. The number of aryl methyl sites for hydroxylation is 1. The Bertz CT molecular complexity index is 613. The molecule has 3 aromatic rings. The third kappa shape index (κ3) is 0.834. The molecule has 0 bridgehead atoms. The Kier molecular flexibility index (Phi) is 1.30. The largest absolute Gasteiger partial charge is 0.261 e. The van der Waals surface area contributed by atoms with Crippen molar-refractivity contribution in [2.45, 2.75) is 6.92 Å². The lowest BCUT2D eigenvalue weighted by Gasteiger charge is -2.00. The summed E-state index contributed by atoms with van der Waals surface area (Å²) in [6, 6.07) is 1.91. The number of aromatic nitrogens is 5. The standard InChI is InChI=1S/C9H7N5/c1-6-7-4-11-9-12-5-13-14(9)8(7)2-3-10-6/h2-5H,1H3. The smallest absolute Gasteiger partial charge is 0.252 e. The number of rotatable bonds is 0. The summed E-state index contributed by atoms with van der Waals surface area (Å²) in [6.07, 6.45) is 5.04.